The van der Waals surface area contributed by atoms with E-state index in [1.807, 2.05) is 19.3 Å². The van der Waals surface area contributed by atoms with E-state index in [4.69, 9.17) is 16.3 Å². The molecule has 0 radical (unpaired) electrons. The van der Waals surface area contributed by atoms with Gasteiger partial charge in [-0.05, 0) is 43.0 Å². The average molecular weight is 374 g/mol. The number of aryl methyl sites for hydroxylation is 1. The lowest BCUT2D eigenvalue weighted by Crippen LogP contribution is -2.42. The summed E-state index contributed by atoms with van der Waals surface area (Å²) in [4.78, 5) is 12.8. The lowest BCUT2D eigenvalue weighted by molar-refractivity contribution is -0.119. The summed E-state index contributed by atoms with van der Waals surface area (Å²) in [5, 5.41) is 17.6. The second-order valence-corrected chi connectivity index (χ2v) is 7.36. The molecule has 26 heavy (non-hydrogen) atoms. The van der Waals surface area contributed by atoms with Gasteiger partial charge in [-0.3, -0.25) is 9.48 Å². The maximum atomic E-state index is 12.8. The fraction of sp³-hybridized carbons (Fsp3) is 0.368. The summed E-state index contributed by atoms with van der Waals surface area (Å²) in [6.07, 6.45) is 6.53. The Hall–Kier alpha value is -2.31. The number of nitrogens with zero attached hydrogens (tertiary/aromatic N) is 2. The van der Waals surface area contributed by atoms with Crippen LogP contribution in [0, 0.1) is 5.92 Å². The minimum absolute atomic E-state index is 0.175. The molecule has 1 amide bonds. The summed E-state index contributed by atoms with van der Waals surface area (Å²) in [6, 6.07) is 5.17. The van der Waals surface area contributed by atoms with Crippen molar-refractivity contribution in [1.29, 1.82) is 0 Å². The van der Waals surface area contributed by atoms with Crippen LogP contribution >= 0.6 is 11.6 Å². The van der Waals surface area contributed by atoms with Crippen LogP contribution in [-0.2, 0) is 11.8 Å². The molecule has 2 aromatic rings. The first-order chi connectivity index (χ1) is 12.5. The molecule has 6 nitrogen and oxygen atoms in total. The first-order valence-corrected chi connectivity index (χ1v) is 8.98. The minimum Gasteiger partial charge on any atom is -0.488 e. The molecule has 2 N–H and O–H groups in total. The van der Waals surface area contributed by atoms with Crippen molar-refractivity contribution in [2.75, 3.05) is 6.61 Å². The Morgan fingerprint density at radius 3 is 2.96 bits per heavy atom. The lowest BCUT2D eigenvalue weighted by atomic mass is 9.75. The lowest BCUT2D eigenvalue weighted by Gasteiger charge is -2.37. The predicted octanol–water partition coefficient (Wildman–Crippen LogP) is 2.48. The number of ether oxygens (including phenoxy) is 1. The normalized spacial score (nSPS) is 22.5. The van der Waals surface area contributed by atoms with Gasteiger partial charge in [0.05, 0.1) is 23.9 Å². The van der Waals surface area contributed by atoms with Gasteiger partial charge in [-0.25, -0.2) is 0 Å². The third-order valence-electron chi connectivity index (χ3n) is 4.97. The molecule has 2 aliphatic rings. The number of fused-ring (bicyclic) bond motifs is 1. The van der Waals surface area contributed by atoms with Crippen molar-refractivity contribution in [3.8, 4) is 5.75 Å². The van der Waals surface area contributed by atoms with E-state index in [1.165, 1.54) is 0 Å². The summed E-state index contributed by atoms with van der Waals surface area (Å²) >= 11 is 6.03. The van der Waals surface area contributed by atoms with Crippen molar-refractivity contribution in [3.63, 3.8) is 0 Å². The zero-order valence-electron chi connectivity index (χ0n) is 14.4. The van der Waals surface area contributed by atoms with E-state index in [-0.39, 0.29) is 30.6 Å². The summed E-state index contributed by atoms with van der Waals surface area (Å²) in [5.41, 5.74) is 2.29. The van der Waals surface area contributed by atoms with Crippen LogP contribution in [0.15, 0.2) is 36.2 Å². The summed E-state index contributed by atoms with van der Waals surface area (Å²) < 4.78 is 7.39. The van der Waals surface area contributed by atoms with Crippen molar-refractivity contribution < 1.29 is 14.6 Å². The van der Waals surface area contributed by atoms with Gasteiger partial charge in [0.25, 0.3) is 5.91 Å². The van der Waals surface area contributed by atoms with Gasteiger partial charge in [0.2, 0.25) is 0 Å². The highest BCUT2D eigenvalue weighted by Gasteiger charge is 2.36. The highest BCUT2D eigenvalue weighted by molar-refractivity contribution is 6.30. The molecule has 4 rings (SSSR count). The Morgan fingerprint density at radius 2 is 2.27 bits per heavy atom. The molecule has 1 aromatic heterocycles. The van der Waals surface area contributed by atoms with Crippen LogP contribution in [0.2, 0.25) is 5.02 Å². The first kappa shape index (κ1) is 17.1. The SMILES string of the molecule is Cn1cc(C(NC(=O)C2=Cc3cc(Cl)ccc3OC2)C2CC(O)C2)cn1. The molecule has 1 fully saturated rings. The monoisotopic (exact) mass is 373 g/mol. The van der Waals surface area contributed by atoms with Gasteiger partial charge in [-0.2, -0.15) is 5.10 Å². The molecule has 1 saturated carbocycles. The van der Waals surface area contributed by atoms with Crippen molar-refractivity contribution in [1.82, 2.24) is 15.1 Å². The van der Waals surface area contributed by atoms with Crippen molar-refractivity contribution >= 4 is 23.6 Å². The summed E-state index contributed by atoms with van der Waals surface area (Å²) in [7, 11) is 1.84. The molecule has 1 unspecified atom stereocenters. The number of nitrogens with one attached hydrogen (secondary N) is 1. The van der Waals surface area contributed by atoms with E-state index in [1.54, 1.807) is 29.1 Å². The number of carbonyl (C=O) groups is 1. The number of aliphatic hydroxyl groups is 1. The maximum Gasteiger partial charge on any atom is 0.251 e. The number of rotatable bonds is 4. The highest BCUT2D eigenvalue weighted by atomic mass is 35.5. The highest BCUT2D eigenvalue weighted by Crippen LogP contribution is 2.38. The van der Waals surface area contributed by atoms with Crippen LogP contribution in [0.1, 0.15) is 30.0 Å². The van der Waals surface area contributed by atoms with Crippen molar-refractivity contribution in [2.24, 2.45) is 13.0 Å². The second kappa shape index (κ2) is 6.78. The average Bonchev–Trinajstić information content (AvgIpc) is 3.02. The van der Waals surface area contributed by atoms with Crippen LogP contribution in [0.4, 0.5) is 0 Å². The van der Waals surface area contributed by atoms with Crippen LogP contribution in [0.25, 0.3) is 6.08 Å². The van der Waals surface area contributed by atoms with E-state index in [0.717, 1.165) is 16.9 Å². The first-order valence-electron chi connectivity index (χ1n) is 8.60. The number of hydrogen-bond donors (Lipinski definition) is 2. The molecule has 1 atom stereocenters. The van der Waals surface area contributed by atoms with Crippen LogP contribution in [-0.4, -0.2) is 33.5 Å². The van der Waals surface area contributed by atoms with E-state index in [9.17, 15) is 9.90 Å². The Labute approximate surface area is 156 Å². The van der Waals surface area contributed by atoms with Gasteiger partial charge in [0.15, 0.2) is 0 Å². The third kappa shape index (κ3) is 3.34. The van der Waals surface area contributed by atoms with Gasteiger partial charge in [-0.1, -0.05) is 11.6 Å². The molecule has 136 valence electrons. The molecule has 1 aliphatic carbocycles. The molecule has 0 saturated heterocycles. The number of aromatic nitrogens is 2. The van der Waals surface area contributed by atoms with Gasteiger partial charge in [-0.15, -0.1) is 0 Å². The van der Waals surface area contributed by atoms with E-state index < -0.39 is 0 Å². The van der Waals surface area contributed by atoms with Gasteiger partial charge in [0, 0.05) is 29.4 Å². The largest absolute Gasteiger partial charge is 0.488 e. The van der Waals surface area contributed by atoms with Gasteiger partial charge >= 0.3 is 0 Å². The van der Waals surface area contributed by atoms with Crippen LogP contribution in [0.3, 0.4) is 0 Å². The Kier molecular flexibility index (Phi) is 4.46. The van der Waals surface area contributed by atoms with Crippen molar-refractivity contribution in [2.45, 2.75) is 25.0 Å². The minimum atomic E-state index is -0.290. The third-order valence-corrected chi connectivity index (χ3v) is 5.20. The topological polar surface area (TPSA) is 76.4 Å². The number of halogens is 1. The molecule has 1 aliphatic heterocycles. The van der Waals surface area contributed by atoms with Gasteiger partial charge < -0.3 is 15.2 Å². The maximum absolute atomic E-state index is 12.8. The zero-order valence-corrected chi connectivity index (χ0v) is 15.1. The summed E-state index contributed by atoms with van der Waals surface area (Å²) in [6.45, 7) is 0.216. The fourth-order valence-corrected chi connectivity index (χ4v) is 3.67. The zero-order chi connectivity index (χ0) is 18.3. The van der Waals surface area contributed by atoms with Crippen LogP contribution in [0.5, 0.6) is 5.75 Å². The molecule has 0 spiro atoms. The Balaban J connectivity index is 1.55. The number of amides is 1. The number of aliphatic hydroxyl groups excluding tert-OH is 1. The number of benzene rings is 1. The molecule has 1 aromatic carbocycles. The molecule has 2 heterocycles. The van der Waals surface area contributed by atoms with Gasteiger partial charge in [0.1, 0.15) is 12.4 Å². The smallest absolute Gasteiger partial charge is 0.251 e. The van der Waals surface area contributed by atoms with Crippen LogP contribution < -0.4 is 10.1 Å². The second-order valence-electron chi connectivity index (χ2n) is 6.92. The molecular formula is C19H20ClN3O3. The number of carbonyl (C=O) groups excluding carboxylic acids is 1. The molecule has 7 heteroatoms. The van der Waals surface area contributed by atoms with E-state index in [0.29, 0.717) is 23.4 Å². The number of hydrogen-bond acceptors (Lipinski definition) is 4. The fourth-order valence-electron chi connectivity index (χ4n) is 3.49. The molecular weight excluding hydrogens is 354 g/mol. The quantitative estimate of drug-likeness (QED) is 0.863. The van der Waals surface area contributed by atoms with Crippen molar-refractivity contribution in [3.05, 3.63) is 52.3 Å². The molecule has 0 bridgehead atoms. The predicted molar refractivity (Wildman–Crippen MR) is 97.7 cm³/mol. The Morgan fingerprint density at radius 1 is 1.46 bits per heavy atom. The Bertz CT molecular complexity index is 871. The van der Waals surface area contributed by atoms with E-state index in [2.05, 4.69) is 10.4 Å². The van der Waals surface area contributed by atoms with E-state index >= 15 is 0 Å². The summed E-state index contributed by atoms with van der Waals surface area (Å²) in [5.74, 6) is 0.743. The standard InChI is InChI=1S/C19H20ClN3O3/c1-23-9-14(8-21-23)18(12-6-16(24)7-12)22-19(25)13-4-11-5-15(20)2-3-17(11)26-10-13/h2-5,8-9,12,16,18,24H,6-7,10H2,1H3,(H,22,25).